The molecule has 0 amide bonds. The number of pyridine rings is 1. The molecule has 8 heterocycles. The predicted molar refractivity (Wildman–Crippen MR) is 365 cm³/mol. The second kappa shape index (κ2) is 26.5. The van der Waals surface area contributed by atoms with Crippen molar-refractivity contribution in [2.24, 2.45) is 30.0 Å². The van der Waals surface area contributed by atoms with Crippen LogP contribution in [0, 0.1) is 0 Å². The van der Waals surface area contributed by atoms with E-state index in [4.69, 9.17) is 30.0 Å². The molecule has 4 aromatic heterocycles. The van der Waals surface area contributed by atoms with Gasteiger partial charge in [-0.3, -0.25) is 14.1 Å². The molecule has 0 aliphatic carbocycles. The summed E-state index contributed by atoms with van der Waals surface area (Å²) in [6.07, 6.45) is -1.17. The molecular formula is C56H59N19O18S7. The fourth-order valence-corrected chi connectivity index (χ4v) is 18.2. The number of hydrogen-bond acceptors (Lipinski definition) is 30. The lowest BCUT2D eigenvalue weighted by atomic mass is 10.1. The topological polar surface area (TPSA) is 531 Å². The second-order valence-electron chi connectivity index (χ2n) is 23.2. The number of sulfone groups is 2. The first-order valence-electron chi connectivity index (χ1n) is 29.8. The van der Waals surface area contributed by atoms with E-state index in [0.717, 1.165) is 18.2 Å². The van der Waals surface area contributed by atoms with Crippen molar-refractivity contribution in [3.63, 3.8) is 0 Å². The minimum atomic E-state index is -5.00. The zero-order chi connectivity index (χ0) is 71.8. The Bertz CT molecular complexity index is 5900. The maximum absolute atomic E-state index is 14.5. The van der Waals surface area contributed by atoms with Gasteiger partial charge < -0.3 is 25.7 Å². The summed E-state index contributed by atoms with van der Waals surface area (Å²) in [4.78, 5) is 46.0. The Kier molecular flexibility index (Phi) is 18.8. The van der Waals surface area contributed by atoms with Crippen LogP contribution in [0.3, 0.4) is 0 Å². The molecule has 4 aromatic carbocycles. The van der Waals surface area contributed by atoms with Gasteiger partial charge in [-0.05, 0) is 112 Å². The highest BCUT2D eigenvalue weighted by Crippen LogP contribution is 2.41. The number of benzene rings is 4. The van der Waals surface area contributed by atoms with Crippen LogP contribution in [0.15, 0.2) is 146 Å². The van der Waals surface area contributed by atoms with Crippen LogP contribution in [0.4, 0.5) is 35.2 Å². The maximum atomic E-state index is 14.5. The van der Waals surface area contributed by atoms with Gasteiger partial charge in [-0.25, -0.2) is 101 Å². The highest BCUT2D eigenvalue weighted by molar-refractivity contribution is 7.92. The first-order valence-corrected chi connectivity index (χ1v) is 40.7. The summed E-state index contributed by atoms with van der Waals surface area (Å²) in [5, 5.41) is 25.5. The van der Waals surface area contributed by atoms with Crippen LogP contribution >= 0.6 is 0 Å². The zero-order valence-electron chi connectivity index (χ0n) is 52.6. The molecule has 4 aliphatic heterocycles. The highest BCUT2D eigenvalue weighted by Gasteiger charge is 2.34. The van der Waals surface area contributed by atoms with Gasteiger partial charge in [0.15, 0.2) is 65.6 Å². The van der Waals surface area contributed by atoms with Crippen LogP contribution in [0.5, 0.6) is 0 Å². The van der Waals surface area contributed by atoms with Gasteiger partial charge in [-0.2, -0.15) is 31.8 Å². The largest absolute Gasteiger partial charge is 0.392 e. The molecule has 2 atom stereocenters. The Hall–Kier alpha value is -9.03. The lowest BCUT2D eigenvalue weighted by Crippen LogP contribution is -2.41. The Morgan fingerprint density at radius 1 is 0.510 bits per heavy atom. The summed E-state index contributed by atoms with van der Waals surface area (Å²) in [7, 11) is -27.8. The van der Waals surface area contributed by atoms with Crippen molar-refractivity contribution in [3.05, 3.63) is 124 Å². The number of rotatable bonds is 27. The minimum Gasteiger partial charge on any atom is -0.392 e. The van der Waals surface area contributed by atoms with E-state index in [1.165, 1.54) is 88.9 Å². The molecule has 528 valence electrons. The standard InChI is InChI=1S/C56H59N19O18S7/c1-30(76)28-60-96(82,83)22-6-20-94(78,79)32-9-13-36-40(24-32)48-63-46(36)64-49-45-39(8-5-17-57-45)47(65-49)66-52-41-25-33(95(80,81)21-7-23-97(84,85)61-29-31(2)77)10-14-38(41)51-68-53-42-26-34(11-15-37(42)50(67-48)74(53)72-75(51)52)98(86,87)59-19-18-58-54-69-55(71-56(70-54)73(3)4)62-43-27-35(99(88,89)90)12-16-44(43)100(91,92)93/h5,8-17,24-27,30-31,59-61,72,76-77H,6-7,18-23,28-29H2,1-4H3,(H,88,89,90)(H,91,92,93)(H2,58,62,69,70,71). The minimum absolute atomic E-state index is 0.00278. The van der Waals surface area contributed by atoms with Crippen molar-refractivity contribution < 1.29 is 78.2 Å². The van der Waals surface area contributed by atoms with E-state index in [0.29, 0.717) is 10.9 Å². The fourth-order valence-electron chi connectivity index (χ4n) is 10.6. The maximum Gasteiger partial charge on any atom is 0.296 e. The molecule has 8 aromatic rings. The monoisotopic (exact) mass is 1510 g/mol. The van der Waals surface area contributed by atoms with Gasteiger partial charge in [-0.15, -0.1) is 0 Å². The SMILES string of the molecule is CC(O)CNS(=O)(=O)CCCS(=O)(=O)c1ccc2c(c1)C1=Nc3c4ccc(S(=O)(=O)NCCNc5nc(Nc6cc(S(=O)(=O)O)ccc6S(=O)(=O)O)nc(N(C)C)n5)cc4c4n3Nn3c(c5cc(S(=O)(=O)CCCS(=O)(=O)NCC(C)O)ccc5c3=N4)=NC3=NC(=NC2=N1)c1ncccc13. The van der Waals surface area contributed by atoms with Gasteiger partial charge in [0.05, 0.1) is 60.5 Å². The average molecular weight is 1510 g/mol. The zero-order valence-corrected chi connectivity index (χ0v) is 58.3. The summed E-state index contributed by atoms with van der Waals surface area (Å²) in [6, 6.07) is 17.6. The highest BCUT2D eigenvalue weighted by atomic mass is 32.2. The summed E-state index contributed by atoms with van der Waals surface area (Å²) >= 11 is 0. The summed E-state index contributed by atoms with van der Waals surface area (Å²) in [5.74, 6) is -3.17. The second-order valence-corrected chi connectivity index (χ2v) is 35.8. The Morgan fingerprint density at radius 3 is 1.74 bits per heavy atom. The number of nitrogens with one attached hydrogen (secondary N) is 6. The number of aromatic nitrogens is 6. The molecule has 0 spiro atoms. The van der Waals surface area contributed by atoms with Crippen LogP contribution in [-0.2, 0) is 70.0 Å². The van der Waals surface area contributed by atoms with Gasteiger partial charge in [0, 0.05) is 84.7 Å². The molecule has 0 radical (unpaired) electrons. The van der Waals surface area contributed by atoms with Gasteiger partial charge in [0.25, 0.3) is 20.2 Å². The summed E-state index contributed by atoms with van der Waals surface area (Å²) in [6.45, 7) is 1.62. The molecule has 4 aliphatic rings. The molecular weight excluding hydrogens is 1450 g/mol. The number of fused-ring (bicyclic) bond motifs is 14. The number of sulfonamides is 3. The number of amidine groups is 4. The Labute approximate surface area is 570 Å². The Balaban J connectivity index is 0.949. The number of aliphatic hydroxyl groups excluding tert-OH is 2. The number of nitrogens with zero attached hydrogens (tertiary/aromatic N) is 13. The van der Waals surface area contributed by atoms with Crippen molar-refractivity contribution in [1.29, 1.82) is 0 Å². The third kappa shape index (κ3) is 14.8. The van der Waals surface area contributed by atoms with E-state index in [9.17, 15) is 78.2 Å². The van der Waals surface area contributed by atoms with Crippen molar-refractivity contribution >= 4 is 150 Å². The predicted octanol–water partition coefficient (Wildman–Crippen LogP) is -0.252. The van der Waals surface area contributed by atoms with Crippen molar-refractivity contribution in [3.8, 4) is 0 Å². The fraction of sp³-hybridized carbons (Fsp3) is 0.286. The van der Waals surface area contributed by atoms with Gasteiger partial charge in [-0.1, -0.05) is 0 Å². The van der Waals surface area contributed by atoms with Crippen molar-refractivity contribution in [1.82, 2.24) is 43.5 Å². The molecule has 44 heteroatoms. The molecule has 0 saturated heterocycles. The summed E-state index contributed by atoms with van der Waals surface area (Å²) in [5.41, 5.74) is 3.80. The van der Waals surface area contributed by atoms with E-state index in [1.54, 1.807) is 26.2 Å². The number of hydrogen-bond donors (Lipinski definition) is 10. The van der Waals surface area contributed by atoms with E-state index in [-0.39, 0.29) is 150 Å². The van der Waals surface area contributed by atoms with Gasteiger partial charge in [0.1, 0.15) is 10.6 Å². The van der Waals surface area contributed by atoms with Crippen LogP contribution in [-0.4, -0.2) is 206 Å². The summed E-state index contributed by atoms with van der Waals surface area (Å²) < 4.78 is 214. The van der Waals surface area contributed by atoms with E-state index < -0.39 is 121 Å². The molecule has 0 saturated carbocycles. The van der Waals surface area contributed by atoms with E-state index in [2.05, 4.69) is 50.3 Å². The van der Waals surface area contributed by atoms with Crippen LogP contribution in [0.1, 0.15) is 49.1 Å². The van der Waals surface area contributed by atoms with Crippen LogP contribution < -0.4 is 46.2 Å². The van der Waals surface area contributed by atoms with Gasteiger partial charge in [0.2, 0.25) is 47.9 Å². The quantitative estimate of drug-likeness (QED) is 0.0234. The van der Waals surface area contributed by atoms with Gasteiger partial charge >= 0.3 is 0 Å². The third-order valence-corrected chi connectivity index (χ3v) is 25.1. The first-order chi connectivity index (χ1) is 46.9. The number of aliphatic imine (C=N–C) groups is 4. The normalized spacial score (nSPS) is 15.1. The molecule has 0 fully saturated rings. The molecule has 6 bridgehead atoms. The first kappa shape index (κ1) is 70.8. The average Bonchev–Trinajstić information content (AvgIpc) is 1.55. The van der Waals surface area contributed by atoms with Crippen molar-refractivity contribution in [2.75, 3.05) is 84.4 Å². The smallest absolute Gasteiger partial charge is 0.296 e. The van der Waals surface area contributed by atoms with Crippen LogP contribution in [0.25, 0.3) is 21.5 Å². The molecule has 10 N–H and O–H groups in total. The van der Waals surface area contributed by atoms with E-state index in [1.807, 2.05) is 0 Å². The molecule has 12 rings (SSSR count). The lowest BCUT2D eigenvalue weighted by molar-refractivity contribution is 0.198. The lowest BCUT2D eigenvalue weighted by Gasteiger charge is -2.17. The molecule has 2 unspecified atom stereocenters. The van der Waals surface area contributed by atoms with Crippen LogP contribution in [0.2, 0.25) is 0 Å². The molecule has 37 nitrogen and oxygen atoms in total. The van der Waals surface area contributed by atoms with Crippen molar-refractivity contribution in [2.45, 2.75) is 63.4 Å². The number of aliphatic hydroxyl groups is 2. The third-order valence-electron chi connectivity index (χ3n) is 15.4. The Morgan fingerprint density at radius 2 is 1.08 bits per heavy atom. The molecule has 100 heavy (non-hydrogen) atoms. The number of anilines is 4. The van der Waals surface area contributed by atoms with E-state index >= 15 is 0 Å².